The lowest BCUT2D eigenvalue weighted by atomic mass is 9.78. The number of rotatable bonds is 6. The number of hydrogen-bond donors (Lipinski definition) is 1. The summed E-state index contributed by atoms with van der Waals surface area (Å²) in [6.45, 7) is 1.84. The molecule has 0 amide bonds. The van der Waals surface area contributed by atoms with Crippen LogP contribution < -0.4 is 4.74 Å². The van der Waals surface area contributed by atoms with Crippen molar-refractivity contribution in [3.8, 4) is 5.75 Å². The largest absolute Gasteiger partial charge is 0.496 e. The highest BCUT2D eigenvalue weighted by Crippen LogP contribution is 2.43. The molecule has 1 aliphatic rings. The second-order valence-corrected chi connectivity index (χ2v) is 8.70. The van der Waals surface area contributed by atoms with E-state index in [1.807, 2.05) is 6.92 Å². The standard InChI is InChI=1S/C20H24O4S/c1-14-17(12-7-13-18(14)24-2)20(19(21)15-8-6-9-15)25(22,23)16-10-4-3-5-11-16/h3-5,7,10-13,15,19-21H,6,8-9H2,1-2H3. The Morgan fingerprint density at radius 1 is 1.08 bits per heavy atom. The monoisotopic (exact) mass is 360 g/mol. The quantitative estimate of drug-likeness (QED) is 0.853. The van der Waals surface area contributed by atoms with Gasteiger partial charge in [-0.1, -0.05) is 36.8 Å². The van der Waals surface area contributed by atoms with E-state index in [4.69, 9.17) is 4.74 Å². The second-order valence-electron chi connectivity index (χ2n) is 6.63. The van der Waals surface area contributed by atoms with Gasteiger partial charge in [0.25, 0.3) is 0 Å². The van der Waals surface area contributed by atoms with Crippen molar-refractivity contribution in [1.82, 2.24) is 0 Å². The summed E-state index contributed by atoms with van der Waals surface area (Å²) in [4.78, 5) is 0.237. The number of benzene rings is 2. The average molecular weight is 360 g/mol. The Labute approximate surface area is 149 Å². The van der Waals surface area contributed by atoms with Crippen LogP contribution in [0.2, 0.25) is 0 Å². The molecule has 2 aromatic carbocycles. The highest BCUT2D eigenvalue weighted by atomic mass is 32.2. The summed E-state index contributed by atoms with van der Waals surface area (Å²) in [7, 11) is -2.16. The minimum atomic E-state index is -3.73. The zero-order chi connectivity index (χ0) is 18.0. The fourth-order valence-corrected chi connectivity index (χ4v) is 5.49. The van der Waals surface area contributed by atoms with Crippen LogP contribution in [0.25, 0.3) is 0 Å². The molecule has 1 fully saturated rings. The van der Waals surface area contributed by atoms with Crippen LogP contribution >= 0.6 is 0 Å². The maximum absolute atomic E-state index is 13.4. The van der Waals surface area contributed by atoms with E-state index in [2.05, 4.69) is 0 Å². The van der Waals surface area contributed by atoms with Gasteiger partial charge in [0, 0.05) is 0 Å². The van der Waals surface area contributed by atoms with E-state index in [-0.39, 0.29) is 10.8 Å². The van der Waals surface area contributed by atoms with Crippen molar-refractivity contribution in [3.63, 3.8) is 0 Å². The molecule has 25 heavy (non-hydrogen) atoms. The van der Waals surface area contributed by atoms with E-state index in [0.717, 1.165) is 24.8 Å². The van der Waals surface area contributed by atoms with Gasteiger partial charge >= 0.3 is 0 Å². The summed E-state index contributed by atoms with van der Waals surface area (Å²) in [6.07, 6.45) is 1.84. The first-order chi connectivity index (χ1) is 12.0. The Bertz CT molecular complexity index is 826. The van der Waals surface area contributed by atoms with E-state index in [1.54, 1.807) is 55.6 Å². The van der Waals surface area contributed by atoms with Crippen molar-refractivity contribution in [2.24, 2.45) is 5.92 Å². The van der Waals surface area contributed by atoms with Gasteiger partial charge in [-0.3, -0.25) is 0 Å². The van der Waals surface area contributed by atoms with E-state index < -0.39 is 21.2 Å². The Morgan fingerprint density at radius 2 is 1.76 bits per heavy atom. The maximum Gasteiger partial charge on any atom is 0.187 e. The Morgan fingerprint density at radius 3 is 2.32 bits per heavy atom. The number of aliphatic hydroxyl groups is 1. The Balaban J connectivity index is 2.14. The van der Waals surface area contributed by atoms with Gasteiger partial charge in [0.05, 0.1) is 18.1 Å². The number of hydrogen-bond acceptors (Lipinski definition) is 4. The molecule has 0 saturated heterocycles. The number of methoxy groups -OCH3 is 1. The third kappa shape index (κ3) is 3.31. The molecule has 3 rings (SSSR count). The second kappa shape index (κ2) is 7.18. The molecule has 1 saturated carbocycles. The molecule has 0 bridgehead atoms. The maximum atomic E-state index is 13.4. The molecule has 2 atom stereocenters. The van der Waals surface area contributed by atoms with Gasteiger partial charge in [-0.25, -0.2) is 8.42 Å². The zero-order valence-corrected chi connectivity index (χ0v) is 15.4. The van der Waals surface area contributed by atoms with Crippen molar-refractivity contribution < 1.29 is 18.3 Å². The SMILES string of the molecule is COc1cccc(C(C(O)C2CCC2)S(=O)(=O)c2ccccc2)c1C. The topological polar surface area (TPSA) is 63.6 Å². The summed E-state index contributed by atoms with van der Waals surface area (Å²) in [5, 5.41) is 9.96. The fourth-order valence-electron chi connectivity index (χ4n) is 3.48. The number of sulfone groups is 1. The molecule has 1 N–H and O–H groups in total. The lowest BCUT2D eigenvalue weighted by Crippen LogP contribution is -2.36. The van der Waals surface area contributed by atoms with Crippen molar-refractivity contribution in [1.29, 1.82) is 0 Å². The first-order valence-electron chi connectivity index (χ1n) is 8.57. The minimum Gasteiger partial charge on any atom is -0.496 e. The smallest absolute Gasteiger partial charge is 0.187 e. The van der Waals surface area contributed by atoms with Gasteiger partial charge in [0.1, 0.15) is 11.0 Å². The summed E-state index contributed by atoms with van der Waals surface area (Å²) in [5.74, 6) is 0.653. The Kier molecular flexibility index (Phi) is 5.16. The van der Waals surface area contributed by atoms with Crippen LogP contribution in [0.3, 0.4) is 0 Å². The summed E-state index contributed by atoms with van der Waals surface area (Å²) < 4.78 is 32.1. The van der Waals surface area contributed by atoms with Crippen LogP contribution in [0.15, 0.2) is 53.4 Å². The molecule has 134 valence electrons. The zero-order valence-electron chi connectivity index (χ0n) is 14.6. The first-order valence-corrected chi connectivity index (χ1v) is 10.1. The molecular formula is C20H24O4S. The summed E-state index contributed by atoms with van der Waals surface area (Å²) in [5.41, 5.74) is 1.37. The minimum absolute atomic E-state index is 0.0223. The molecular weight excluding hydrogens is 336 g/mol. The van der Waals surface area contributed by atoms with Crippen LogP contribution in [-0.2, 0) is 9.84 Å². The van der Waals surface area contributed by atoms with Gasteiger partial charge in [0.2, 0.25) is 0 Å². The van der Waals surface area contributed by atoms with Crippen molar-refractivity contribution in [2.45, 2.75) is 42.4 Å². The molecule has 0 aliphatic heterocycles. The molecule has 0 heterocycles. The van der Waals surface area contributed by atoms with E-state index in [1.165, 1.54) is 0 Å². The Hall–Kier alpha value is -1.85. The predicted octanol–water partition coefficient (Wildman–Crippen LogP) is 3.68. The molecule has 2 aromatic rings. The molecule has 0 aromatic heterocycles. The van der Waals surface area contributed by atoms with Gasteiger partial charge < -0.3 is 9.84 Å². The first kappa shape index (κ1) is 18.0. The molecule has 1 aliphatic carbocycles. The van der Waals surface area contributed by atoms with Gasteiger partial charge in [-0.2, -0.15) is 0 Å². The van der Waals surface area contributed by atoms with Crippen molar-refractivity contribution >= 4 is 9.84 Å². The molecule has 2 unspecified atom stereocenters. The van der Waals surface area contributed by atoms with Gasteiger partial charge in [-0.05, 0) is 55.0 Å². The normalized spacial score (nSPS) is 17.6. The molecule has 5 heteroatoms. The summed E-state index contributed by atoms with van der Waals surface area (Å²) >= 11 is 0. The highest BCUT2D eigenvalue weighted by Gasteiger charge is 2.41. The molecule has 0 spiro atoms. The summed E-state index contributed by atoms with van der Waals surface area (Å²) in [6, 6.07) is 13.7. The fraction of sp³-hybridized carbons (Fsp3) is 0.400. The van der Waals surface area contributed by atoms with Gasteiger partial charge in [-0.15, -0.1) is 0 Å². The van der Waals surface area contributed by atoms with E-state index in [9.17, 15) is 13.5 Å². The highest BCUT2D eigenvalue weighted by molar-refractivity contribution is 7.91. The third-order valence-corrected chi connectivity index (χ3v) is 7.33. The number of ether oxygens (including phenoxy) is 1. The average Bonchev–Trinajstić information content (AvgIpc) is 2.56. The van der Waals surface area contributed by atoms with Crippen LogP contribution in [-0.4, -0.2) is 26.7 Å². The van der Waals surface area contributed by atoms with Crippen LogP contribution in [0.5, 0.6) is 5.75 Å². The van der Waals surface area contributed by atoms with Crippen molar-refractivity contribution in [2.75, 3.05) is 7.11 Å². The van der Waals surface area contributed by atoms with Crippen LogP contribution in [0.4, 0.5) is 0 Å². The van der Waals surface area contributed by atoms with Crippen LogP contribution in [0.1, 0.15) is 35.6 Å². The number of aliphatic hydroxyl groups excluding tert-OH is 1. The molecule has 4 nitrogen and oxygen atoms in total. The van der Waals surface area contributed by atoms with E-state index in [0.29, 0.717) is 11.3 Å². The van der Waals surface area contributed by atoms with Gasteiger partial charge in [0.15, 0.2) is 9.84 Å². The van der Waals surface area contributed by atoms with E-state index >= 15 is 0 Å². The predicted molar refractivity (Wildman–Crippen MR) is 97.4 cm³/mol. The lowest BCUT2D eigenvalue weighted by molar-refractivity contribution is 0.0582. The third-order valence-electron chi connectivity index (χ3n) is 5.20. The van der Waals surface area contributed by atoms with Crippen LogP contribution in [0, 0.1) is 12.8 Å². The molecule has 0 radical (unpaired) electrons. The van der Waals surface area contributed by atoms with Crippen molar-refractivity contribution in [3.05, 3.63) is 59.7 Å². The lowest BCUT2D eigenvalue weighted by Gasteiger charge is -2.35.